The van der Waals surface area contributed by atoms with E-state index in [9.17, 15) is 4.79 Å². The number of hydrogen-bond acceptors (Lipinski definition) is 2. The fourth-order valence-electron chi connectivity index (χ4n) is 1.42. The fourth-order valence-corrected chi connectivity index (χ4v) is 1.42. The third kappa shape index (κ3) is 2.42. The highest BCUT2D eigenvalue weighted by Gasteiger charge is 1.95. The minimum atomic E-state index is 0.690. The second-order valence-electron chi connectivity index (χ2n) is 3.33. The summed E-state index contributed by atoms with van der Waals surface area (Å²) in [6.07, 6.45) is 6.39. The molecule has 0 fully saturated rings. The van der Waals surface area contributed by atoms with Gasteiger partial charge in [-0.1, -0.05) is 36.4 Å². The molecular formula is C14H11NO. The fraction of sp³-hybridized carbons (Fsp3) is 0. The molecule has 0 bridgehead atoms. The zero-order valence-electron chi connectivity index (χ0n) is 8.71. The van der Waals surface area contributed by atoms with Gasteiger partial charge < -0.3 is 0 Å². The molecular weight excluding hydrogens is 198 g/mol. The number of carbonyl (C=O) groups excluding carboxylic acids is 1. The quantitative estimate of drug-likeness (QED) is 0.727. The van der Waals surface area contributed by atoms with E-state index in [1.54, 1.807) is 12.3 Å². The molecule has 0 radical (unpaired) electrons. The second kappa shape index (κ2) is 5.03. The molecule has 0 spiro atoms. The van der Waals surface area contributed by atoms with Crippen molar-refractivity contribution in [2.24, 2.45) is 0 Å². The lowest BCUT2D eigenvalue weighted by Crippen LogP contribution is -1.84. The molecule has 0 aliphatic rings. The summed E-state index contributed by atoms with van der Waals surface area (Å²) in [5, 5.41) is 0. The van der Waals surface area contributed by atoms with Crippen LogP contribution in [0.1, 0.15) is 21.6 Å². The van der Waals surface area contributed by atoms with Crippen molar-refractivity contribution in [1.29, 1.82) is 0 Å². The van der Waals surface area contributed by atoms with Gasteiger partial charge in [0.25, 0.3) is 0 Å². The highest BCUT2D eigenvalue weighted by Crippen LogP contribution is 2.10. The Labute approximate surface area is 94.3 Å². The largest absolute Gasteiger partial charge is 0.298 e. The van der Waals surface area contributed by atoms with Crippen molar-refractivity contribution in [3.8, 4) is 0 Å². The maximum absolute atomic E-state index is 10.8. The third-order valence-electron chi connectivity index (χ3n) is 2.24. The van der Waals surface area contributed by atoms with Gasteiger partial charge in [-0.2, -0.15) is 0 Å². The minimum absolute atomic E-state index is 0.690. The average Bonchev–Trinajstić information content (AvgIpc) is 2.38. The number of nitrogens with zero attached hydrogens (tertiary/aromatic N) is 1. The standard InChI is InChI=1S/C14H11NO/c16-11-13-6-2-1-5-12(13)8-9-14-7-3-4-10-15-14/h1-11H/b9-8+. The lowest BCUT2D eigenvalue weighted by molar-refractivity contribution is 0.112. The molecule has 2 heteroatoms. The van der Waals surface area contributed by atoms with E-state index in [0.717, 1.165) is 17.5 Å². The normalized spacial score (nSPS) is 10.5. The molecule has 16 heavy (non-hydrogen) atoms. The molecule has 1 aromatic carbocycles. The molecule has 0 saturated carbocycles. The van der Waals surface area contributed by atoms with Gasteiger partial charge in [-0.25, -0.2) is 0 Å². The van der Waals surface area contributed by atoms with Gasteiger partial charge in [0, 0.05) is 11.8 Å². The van der Waals surface area contributed by atoms with E-state index in [0.29, 0.717) is 5.56 Å². The summed E-state index contributed by atoms with van der Waals surface area (Å²) in [6.45, 7) is 0. The predicted molar refractivity (Wildman–Crippen MR) is 65.0 cm³/mol. The monoisotopic (exact) mass is 209 g/mol. The van der Waals surface area contributed by atoms with Crippen molar-refractivity contribution in [2.75, 3.05) is 0 Å². The van der Waals surface area contributed by atoms with Crippen LogP contribution in [0.5, 0.6) is 0 Å². The maximum Gasteiger partial charge on any atom is 0.150 e. The Morgan fingerprint density at radius 1 is 0.875 bits per heavy atom. The van der Waals surface area contributed by atoms with Crippen molar-refractivity contribution in [1.82, 2.24) is 4.98 Å². The molecule has 1 heterocycles. The van der Waals surface area contributed by atoms with Gasteiger partial charge in [0.1, 0.15) is 0 Å². The highest BCUT2D eigenvalue weighted by atomic mass is 16.1. The molecule has 1 aromatic heterocycles. The molecule has 0 aliphatic heterocycles. The van der Waals surface area contributed by atoms with E-state index >= 15 is 0 Å². The van der Waals surface area contributed by atoms with Gasteiger partial charge in [0.15, 0.2) is 6.29 Å². The van der Waals surface area contributed by atoms with E-state index in [2.05, 4.69) is 4.98 Å². The number of rotatable bonds is 3. The topological polar surface area (TPSA) is 30.0 Å². The number of pyridine rings is 1. The number of hydrogen-bond donors (Lipinski definition) is 0. The van der Waals surface area contributed by atoms with Crippen LogP contribution >= 0.6 is 0 Å². The first-order valence-electron chi connectivity index (χ1n) is 5.03. The molecule has 2 nitrogen and oxygen atoms in total. The van der Waals surface area contributed by atoms with Crippen LogP contribution in [0.2, 0.25) is 0 Å². The summed E-state index contributed by atoms with van der Waals surface area (Å²) in [5.74, 6) is 0. The van der Waals surface area contributed by atoms with Crippen LogP contribution in [0, 0.1) is 0 Å². The van der Waals surface area contributed by atoms with Gasteiger partial charge in [-0.3, -0.25) is 9.78 Å². The third-order valence-corrected chi connectivity index (χ3v) is 2.24. The minimum Gasteiger partial charge on any atom is -0.298 e. The molecule has 0 amide bonds. The zero-order chi connectivity index (χ0) is 11.2. The SMILES string of the molecule is O=Cc1ccccc1/C=C/c1ccccn1. The van der Waals surface area contributed by atoms with Crippen LogP contribution in [0.3, 0.4) is 0 Å². The van der Waals surface area contributed by atoms with Crippen LogP contribution < -0.4 is 0 Å². The van der Waals surface area contributed by atoms with Gasteiger partial charge in [-0.15, -0.1) is 0 Å². The molecule has 0 aliphatic carbocycles. The first kappa shape index (κ1) is 10.3. The number of aldehydes is 1. The first-order chi connectivity index (χ1) is 7.90. The summed E-state index contributed by atoms with van der Waals surface area (Å²) in [4.78, 5) is 15.0. The Morgan fingerprint density at radius 2 is 1.62 bits per heavy atom. The Hall–Kier alpha value is -2.22. The van der Waals surface area contributed by atoms with Crippen molar-refractivity contribution in [3.63, 3.8) is 0 Å². The number of aromatic nitrogens is 1. The molecule has 0 atom stereocenters. The van der Waals surface area contributed by atoms with E-state index in [4.69, 9.17) is 0 Å². The Balaban J connectivity index is 2.27. The summed E-state index contributed by atoms with van der Waals surface area (Å²) >= 11 is 0. The average molecular weight is 209 g/mol. The summed E-state index contributed by atoms with van der Waals surface area (Å²) in [6, 6.07) is 13.2. The van der Waals surface area contributed by atoms with Crippen LogP contribution in [0.25, 0.3) is 12.2 Å². The van der Waals surface area contributed by atoms with Gasteiger partial charge in [-0.05, 0) is 23.8 Å². The highest BCUT2D eigenvalue weighted by molar-refractivity contribution is 5.84. The Morgan fingerprint density at radius 3 is 2.31 bits per heavy atom. The van der Waals surface area contributed by atoms with Crippen LogP contribution in [0.4, 0.5) is 0 Å². The van der Waals surface area contributed by atoms with E-state index < -0.39 is 0 Å². The molecule has 2 aromatic rings. The van der Waals surface area contributed by atoms with Crippen molar-refractivity contribution in [2.45, 2.75) is 0 Å². The first-order valence-corrected chi connectivity index (χ1v) is 5.03. The van der Waals surface area contributed by atoms with Crippen molar-refractivity contribution >= 4 is 18.4 Å². The molecule has 2 rings (SSSR count). The second-order valence-corrected chi connectivity index (χ2v) is 3.33. The lowest BCUT2D eigenvalue weighted by Gasteiger charge is -1.97. The Kier molecular flexibility index (Phi) is 3.24. The Bertz CT molecular complexity index is 503. The van der Waals surface area contributed by atoms with Crippen molar-refractivity contribution < 1.29 is 4.79 Å². The molecule has 0 saturated heterocycles. The van der Waals surface area contributed by atoms with Crippen molar-refractivity contribution in [3.05, 3.63) is 65.5 Å². The lowest BCUT2D eigenvalue weighted by atomic mass is 10.1. The molecule has 0 N–H and O–H groups in total. The molecule has 0 unspecified atom stereocenters. The molecule has 78 valence electrons. The van der Waals surface area contributed by atoms with Gasteiger partial charge in [0.05, 0.1) is 5.69 Å². The number of carbonyl (C=O) groups is 1. The zero-order valence-corrected chi connectivity index (χ0v) is 8.71. The summed E-state index contributed by atoms with van der Waals surface area (Å²) in [7, 11) is 0. The van der Waals surface area contributed by atoms with E-state index in [-0.39, 0.29) is 0 Å². The van der Waals surface area contributed by atoms with Crippen LogP contribution in [-0.4, -0.2) is 11.3 Å². The maximum atomic E-state index is 10.8. The van der Waals surface area contributed by atoms with Gasteiger partial charge in [0.2, 0.25) is 0 Å². The van der Waals surface area contributed by atoms with Gasteiger partial charge >= 0.3 is 0 Å². The predicted octanol–water partition coefficient (Wildman–Crippen LogP) is 3.06. The van der Waals surface area contributed by atoms with Crippen LogP contribution in [0.15, 0.2) is 48.7 Å². The smallest absolute Gasteiger partial charge is 0.150 e. The van der Waals surface area contributed by atoms with Crippen LogP contribution in [-0.2, 0) is 0 Å². The number of benzene rings is 1. The summed E-state index contributed by atoms with van der Waals surface area (Å²) < 4.78 is 0. The van der Waals surface area contributed by atoms with E-state index in [1.165, 1.54) is 0 Å². The van der Waals surface area contributed by atoms with E-state index in [1.807, 2.05) is 48.6 Å². The summed E-state index contributed by atoms with van der Waals surface area (Å²) in [5.41, 5.74) is 2.47.